The zero-order chi connectivity index (χ0) is 20.2. The second-order valence-electron chi connectivity index (χ2n) is 6.34. The molecule has 6 nitrogen and oxygen atoms in total. The van der Waals surface area contributed by atoms with Crippen LogP contribution in [0.3, 0.4) is 0 Å². The molecule has 0 fully saturated rings. The molecule has 0 aliphatic heterocycles. The number of benzene rings is 2. The van der Waals surface area contributed by atoms with Crippen LogP contribution in [0.5, 0.6) is 5.75 Å². The summed E-state index contributed by atoms with van der Waals surface area (Å²) in [7, 11) is 0. The number of ether oxygens (including phenoxy) is 1. The summed E-state index contributed by atoms with van der Waals surface area (Å²) in [6.45, 7) is 2.74. The molecule has 2 aromatic carbocycles. The molecule has 0 atom stereocenters. The summed E-state index contributed by atoms with van der Waals surface area (Å²) >= 11 is 1.30. The predicted molar refractivity (Wildman–Crippen MR) is 114 cm³/mol. The van der Waals surface area contributed by atoms with Gasteiger partial charge in [0.05, 0.1) is 17.7 Å². The Labute approximate surface area is 170 Å². The molecule has 2 aromatic heterocycles. The van der Waals surface area contributed by atoms with Crippen LogP contribution >= 0.6 is 11.3 Å². The monoisotopic (exact) mass is 406 g/mol. The normalized spacial score (nSPS) is 10.8. The van der Waals surface area contributed by atoms with Crippen molar-refractivity contribution >= 4 is 33.3 Å². The van der Waals surface area contributed by atoms with Gasteiger partial charge in [0.15, 0.2) is 16.3 Å². The number of anilines is 1. The third kappa shape index (κ3) is 4.20. The van der Waals surface area contributed by atoms with E-state index < -0.39 is 5.91 Å². The first kappa shape index (κ1) is 18.9. The maximum atomic E-state index is 12.5. The quantitative estimate of drug-likeness (QED) is 0.490. The van der Waals surface area contributed by atoms with Gasteiger partial charge in [0, 0.05) is 17.0 Å². The average molecular weight is 406 g/mol. The van der Waals surface area contributed by atoms with E-state index in [2.05, 4.69) is 17.2 Å². The molecule has 0 spiro atoms. The van der Waals surface area contributed by atoms with Crippen molar-refractivity contribution in [2.24, 2.45) is 0 Å². The third-order valence-corrected chi connectivity index (χ3v) is 4.96. The summed E-state index contributed by atoms with van der Waals surface area (Å²) in [5.74, 6) is 0.241. The Morgan fingerprint density at radius 1 is 1.17 bits per heavy atom. The summed E-state index contributed by atoms with van der Waals surface area (Å²) in [5, 5.41) is 5.41. The number of amides is 1. The van der Waals surface area contributed by atoms with Crippen LogP contribution in [-0.2, 0) is 0 Å². The SMILES string of the molecule is CCCOc1ccc(-c2csc(NC(=O)c3cc(=O)c4ccccc4o3)n2)cc1. The maximum absolute atomic E-state index is 12.5. The minimum atomic E-state index is -0.517. The fourth-order valence-corrected chi connectivity index (χ4v) is 3.49. The first-order valence-corrected chi connectivity index (χ1v) is 10.0. The first-order valence-electron chi connectivity index (χ1n) is 9.17. The van der Waals surface area contributed by atoms with Crippen LogP contribution in [-0.4, -0.2) is 17.5 Å². The van der Waals surface area contributed by atoms with Gasteiger partial charge in [-0.2, -0.15) is 0 Å². The van der Waals surface area contributed by atoms with Crippen LogP contribution in [0.25, 0.3) is 22.2 Å². The predicted octanol–water partition coefficient (Wildman–Crippen LogP) is 4.96. The molecule has 2 heterocycles. The number of para-hydroxylation sites is 1. The van der Waals surface area contributed by atoms with Crippen molar-refractivity contribution in [2.75, 3.05) is 11.9 Å². The van der Waals surface area contributed by atoms with Crippen molar-refractivity contribution in [2.45, 2.75) is 13.3 Å². The Bertz CT molecular complexity index is 1210. The van der Waals surface area contributed by atoms with E-state index in [0.29, 0.717) is 22.7 Å². The molecule has 4 rings (SSSR count). The van der Waals surface area contributed by atoms with E-state index in [1.807, 2.05) is 29.6 Å². The highest BCUT2D eigenvalue weighted by Crippen LogP contribution is 2.27. The molecular formula is C22H18N2O4S. The van der Waals surface area contributed by atoms with Crippen molar-refractivity contribution in [3.8, 4) is 17.0 Å². The highest BCUT2D eigenvalue weighted by molar-refractivity contribution is 7.14. The van der Waals surface area contributed by atoms with Gasteiger partial charge in [0.25, 0.3) is 5.91 Å². The lowest BCUT2D eigenvalue weighted by Crippen LogP contribution is -2.14. The smallest absolute Gasteiger partial charge is 0.293 e. The van der Waals surface area contributed by atoms with Crippen molar-refractivity contribution in [3.05, 3.63) is 76.0 Å². The molecule has 7 heteroatoms. The Balaban J connectivity index is 1.50. The number of fused-ring (bicyclic) bond motifs is 1. The molecular weight excluding hydrogens is 388 g/mol. The number of hydrogen-bond donors (Lipinski definition) is 1. The van der Waals surface area contributed by atoms with Gasteiger partial charge < -0.3 is 9.15 Å². The minimum Gasteiger partial charge on any atom is -0.494 e. The van der Waals surface area contributed by atoms with Gasteiger partial charge in [-0.3, -0.25) is 14.9 Å². The number of nitrogens with one attached hydrogen (secondary N) is 1. The maximum Gasteiger partial charge on any atom is 0.293 e. The standard InChI is InChI=1S/C22H18N2O4S/c1-2-11-27-15-9-7-14(8-10-15)17-13-29-22(23-17)24-21(26)20-12-18(25)16-5-3-4-6-19(16)28-20/h3-10,12-13H,2,11H2,1H3,(H,23,24,26). The summed E-state index contributed by atoms with van der Waals surface area (Å²) in [5.41, 5.74) is 1.77. The lowest BCUT2D eigenvalue weighted by atomic mass is 10.2. The Morgan fingerprint density at radius 3 is 2.76 bits per heavy atom. The van der Waals surface area contributed by atoms with E-state index >= 15 is 0 Å². The Morgan fingerprint density at radius 2 is 1.97 bits per heavy atom. The van der Waals surface area contributed by atoms with Crippen LogP contribution in [0.15, 0.2) is 69.2 Å². The van der Waals surface area contributed by atoms with E-state index in [4.69, 9.17) is 9.15 Å². The summed E-state index contributed by atoms with van der Waals surface area (Å²) in [4.78, 5) is 29.1. The largest absolute Gasteiger partial charge is 0.494 e. The summed E-state index contributed by atoms with van der Waals surface area (Å²) in [6, 6.07) is 15.6. The Kier molecular flexibility index (Phi) is 5.39. The lowest BCUT2D eigenvalue weighted by molar-refractivity contribution is 0.0997. The summed E-state index contributed by atoms with van der Waals surface area (Å²) < 4.78 is 11.1. The van der Waals surface area contributed by atoms with Crippen molar-refractivity contribution < 1.29 is 13.9 Å². The number of carbonyl (C=O) groups excluding carboxylic acids is 1. The molecule has 0 unspecified atom stereocenters. The van der Waals surface area contributed by atoms with Gasteiger partial charge in [0.1, 0.15) is 11.3 Å². The van der Waals surface area contributed by atoms with Crippen LogP contribution in [0.4, 0.5) is 5.13 Å². The average Bonchev–Trinajstić information content (AvgIpc) is 3.21. The van der Waals surface area contributed by atoms with Gasteiger partial charge in [-0.25, -0.2) is 4.98 Å². The number of nitrogens with zero attached hydrogens (tertiary/aromatic N) is 1. The highest BCUT2D eigenvalue weighted by Gasteiger charge is 2.14. The zero-order valence-electron chi connectivity index (χ0n) is 15.7. The number of aromatic nitrogens is 1. The topological polar surface area (TPSA) is 81.4 Å². The molecule has 0 aliphatic carbocycles. The molecule has 0 saturated carbocycles. The third-order valence-electron chi connectivity index (χ3n) is 4.21. The van der Waals surface area contributed by atoms with E-state index in [0.717, 1.165) is 23.4 Å². The zero-order valence-corrected chi connectivity index (χ0v) is 16.5. The van der Waals surface area contributed by atoms with E-state index in [9.17, 15) is 9.59 Å². The minimum absolute atomic E-state index is 0.0529. The van der Waals surface area contributed by atoms with Gasteiger partial charge in [0.2, 0.25) is 0 Å². The summed E-state index contributed by atoms with van der Waals surface area (Å²) in [6.07, 6.45) is 0.953. The molecule has 1 N–H and O–H groups in total. The van der Waals surface area contributed by atoms with Gasteiger partial charge in [-0.05, 0) is 42.8 Å². The molecule has 29 heavy (non-hydrogen) atoms. The number of rotatable bonds is 6. The van der Waals surface area contributed by atoms with Crippen LogP contribution in [0, 0.1) is 0 Å². The number of carbonyl (C=O) groups is 1. The second kappa shape index (κ2) is 8.28. The van der Waals surface area contributed by atoms with Crippen LogP contribution in [0.1, 0.15) is 23.9 Å². The van der Waals surface area contributed by atoms with Crippen molar-refractivity contribution in [3.63, 3.8) is 0 Å². The number of thiazole rings is 1. The van der Waals surface area contributed by atoms with Crippen molar-refractivity contribution in [1.82, 2.24) is 4.98 Å². The van der Waals surface area contributed by atoms with E-state index in [-0.39, 0.29) is 11.2 Å². The Hall–Kier alpha value is -3.45. The molecule has 0 radical (unpaired) electrons. The second-order valence-corrected chi connectivity index (χ2v) is 7.19. The van der Waals surface area contributed by atoms with Gasteiger partial charge in [-0.1, -0.05) is 19.1 Å². The molecule has 0 aliphatic rings. The van der Waals surface area contributed by atoms with Crippen LogP contribution < -0.4 is 15.5 Å². The molecule has 146 valence electrons. The fourth-order valence-electron chi connectivity index (χ4n) is 2.78. The van der Waals surface area contributed by atoms with Crippen LogP contribution in [0.2, 0.25) is 0 Å². The molecule has 4 aromatic rings. The van der Waals surface area contributed by atoms with Gasteiger partial charge in [-0.15, -0.1) is 11.3 Å². The van der Waals surface area contributed by atoms with E-state index in [1.54, 1.807) is 24.3 Å². The highest BCUT2D eigenvalue weighted by atomic mass is 32.1. The number of hydrogen-bond acceptors (Lipinski definition) is 6. The first-order chi connectivity index (χ1) is 14.1. The molecule has 0 bridgehead atoms. The lowest BCUT2D eigenvalue weighted by Gasteiger charge is -2.05. The van der Waals surface area contributed by atoms with Gasteiger partial charge >= 0.3 is 0 Å². The van der Waals surface area contributed by atoms with Crippen molar-refractivity contribution in [1.29, 1.82) is 0 Å². The molecule has 1 amide bonds. The van der Waals surface area contributed by atoms with E-state index in [1.165, 1.54) is 17.4 Å². The fraction of sp³-hybridized carbons (Fsp3) is 0.136. The molecule has 0 saturated heterocycles.